The highest BCUT2D eigenvalue weighted by Gasteiger charge is 2.27. The number of carbonyl (C=O) groups is 1. The van der Waals surface area contributed by atoms with E-state index in [2.05, 4.69) is 5.10 Å². The van der Waals surface area contributed by atoms with E-state index in [1.807, 2.05) is 6.92 Å². The number of hydrogen-bond acceptors (Lipinski definition) is 7. The molecule has 1 aromatic heterocycles. The van der Waals surface area contributed by atoms with E-state index in [0.29, 0.717) is 17.8 Å². The topological polar surface area (TPSA) is 105 Å². The van der Waals surface area contributed by atoms with Crippen LogP contribution in [0.3, 0.4) is 0 Å². The largest absolute Gasteiger partial charge is 0.461 e. The van der Waals surface area contributed by atoms with Crippen molar-refractivity contribution in [3.05, 3.63) is 81.8 Å². The molecule has 0 radical (unpaired) electrons. The zero-order valence-corrected chi connectivity index (χ0v) is 17.2. The summed E-state index contributed by atoms with van der Waals surface area (Å²) in [6, 6.07) is 9.02. The molecule has 0 saturated carbocycles. The molecule has 31 heavy (non-hydrogen) atoms. The predicted molar refractivity (Wildman–Crippen MR) is 105 cm³/mol. The van der Waals surface area contributed by atoms with Gasteiger partial charge in [-0.05, 0) is 38.1 Å². The Hall–Kier alpha value is -3.60. The highest BCUT2D eigenvalue weighted by molar-refractivity contribution is 7.87. The van der Waals surface area contributed by atoms with Crippen LogP contribution in [0.1, 0.15) is 23.0 Å². The van der Waals surface area contributed by atoms with Gasteiger partial charge in [0.25, 0.3) is 5.56 Å². The first-order chi connectivity index (χ1) is 14.6. The third kappa shape index (κ3) is 4.77. The van der Waals surface area contributed by atoms with Crippen molar-refractivity contribution in [2.75, 3.05) is 6.61 Å². The van der Waals surface area contributed by atoms with Gasteiger partial charge in [-0.3, -0.25) is 4.79 Å². The van der Waals surface area contributed by atoms with E-state index in [0.717, 1.165) is 22.4 Å². The third-order valence-corrected chi connectivity index (χ3v) is 5.28. The molecule has 0 N–H and O–H groups in total. The van der Waals surface area contributed by atoms with Crippen molar-refractivity contribution < 1.29 is 30.9 Å². The summed E-state index contributed by atoms with van der Waals surface area (Å²) in [6.45, 7) is 3.28. The maximum absolute atomic E-state index is 14.0. The molecule has 0 aliphatic carbocycles. The van der Waals surface area contributed by atoms with E-state index in [-0.39, 0.29) is 6.61 Å². The normalized spacial score (nSPS) is 11.2. The van der Waals surface area contributed by atoms with Crippen molar-refractivity contribution in [2.24, 2.45) is 0 Å². The molecular weight excluding hydrogens is 434 g/mol. The zero-order valence-electron chi connectivity index (χ0n) is 16.3. The standard InChI is InChI=1S/C20H16F2N2O6S/c1-3-29-20(26)19-16(30-31(27,28)17-9-6-13(21)10-15(17)22)11-18(25)24(23-19)14-7-4-12(2)5-8-14/h4-11H,3H2,1-2H3. The summed E-state index contributed by atoms with van der Waals surface area (Å²) >= 11 is 0. The molecule has 8 nitrogen and oxygen atoms in total. The Balaban J connectivity index is 2.12. The molecule has 162 valence electrons. The molecule has 0 amide bonds. The molecule has 3 rings (SSSR count). The van der Waals surface area contributed by atoms with E-state index in [1.165, 1.54) is 6.92 Å². The predicted octanol–water partition coefficient (Wildman–Crippen LogP) is 2.76. The highest BCUT2D eigenvalue weighted by atomic mass is 32.2. The van der Waals surface area contributed by atoms with Crippen LogP contribution < -0.4 is 9.74 Å². The molecule has 0 spiro atoms. The van der Waals surface area contributed by atoms with Crippen molar-refractivity contribution in [3.8, 4) is 11.4 Å². The maximum Gasteiger partial charge on any atom is 0.362 e. The van der Waals surface area contributed by atoms with Crippen molar-refractivity contribution in [3.63, 3.8) is 0 Å². The van der Waals surface area contributed by atoms with Gasteiger partial charge in [-0.2, -0.15) is 18.2 Å². The molecule has 0 saturated heterocycles. The van der Waals surface area contributed by atoms with Gasteiger partial charge < -0.3 is 8.92 Å². The van der Waals surface area contributed by atoms with Gasteiger partial charge in [0, 0.05) is 6.07 Å². The smallest absolute Gasteiger partial charge is 0.362 e. The van der Waals surface area contributed by atoms with Crippen LogP contribution in [0.5, 0.6) is 5.75 Å². The van der Waals surface area contributed by atoms with E-state index in [9.17, 15) is 26.8 Å². The van der Waals surface area contributed by atoms with Gasteiger partial charge in [-0.1, -0.05) is 17.7 Å². The lowest BCUT2D eigenvalue weighted by molar-refractivity contribution is 0.0515. The second-order valence-electron chi connectivity index (χ2n) is 6.28. The Morgan fingerprint density at radius 3 is 2.39 bits per heavy atom. The maximum atomic E-state index is 14.0. The number of carbonyl (C=O) groups excluding carboxylic acids is 1. The number of aryl methyl sites for hydroxylation is 1. The summed E-state index contributed by atoms with van der Waals surface area (Å²) in [6.07, 6.45) is 0. The van der Waals surface area contributed by atoms with Crippen LogP contribution in [-0.4, -0.2) is 30.8 Å². The van der Waals surface area contributed by atoms with Gasteiger partial charge in [0.2, 0.25) is 5.69 Å². The average Bonchev–Trinajstić information content (AvgIpc) is 2.68. The van der Waals surface area contributed by atoms with Crippen molar-refractivity contribution >= 4 is 16.1 Å². The number of esters is 1. The Kier molecular flexibility index (Phi) is 6.16. The lowest BCUT2D eigenvalue weighted by Gasteiger charge is -2.13. The fourth-order valence-corrected chi connectivity index (χ4v) is 3.54. The number of halogens is 2. The average molecular weight is 450 g/mol. The molecule has 0 aliphatic heterocycles. The van der Waals surface area contributed by atoms with Crippen molar-refractivity contribution in [1.82, 2.24) is 9.78 Å². The van der Waals surface area contributed by atoms with Crippen molar-refractivity contribution in [2.45, 2.75) is 18.7 Å². The molecule has 11 heteroatoms. The summed E-state index contributed by atoms with van der Waals surface area (Å²) in [5.41, 5.74) is -0.218. The van der Waals surface area contributed by atoms with E-state index >= 15 is 0 Å². The van der Waals surface area contributed by atoms with Crippen LogP contribution in [-0.2, 0) is 14.9 Å². The second kappa shape index (κ2) is 8.64. The van der Waals surface area contributed by atoms with E-state index in [4.69, 9.17) is 8.92 Å². The van der Waals surface area contributed by atoms with Gasteiger partial charge in [0.15, 0.2) is 5.75 Å². The van der Waals surface area contributed by atoms with Gasteiger partial charge in [0.1, 0.15) is 16.5 Å². The Morgan fingerprint density at radius 1 is 1.10 bits per heavy atom. The highest BCUT2D eigenvalue weighted by Crippen LogP contribution is 2.24. The summed E-state index contributed by atoms with van der Waals surface area (Å²) in [5.74, 6) is -4.21. The number of nitrogens with zero attached hydrogens (tertiary/aromatic N) is 2. The quantitative estimate of drug-likeness (QED) is 0.420. The Morgan fingerprint density at radius 2 is 1.77 bits per heavy atom. The van der Waals surface area contributed by atoms with Gasteiger partial charge >= 0.3 is 16.1 Å². The summed E-state index contributed by atoms with van der Waals surface area (Å²) in [5, 5.41) is 3.89. The molecule has 0 fully saturated rings. The Bertz CT molecular complexity index is 1300. The Labute approximate surface area is 175 Å². The van der Waals surface area contributed by atoms with E-state index < -0.39 is 49.6 Å². The van der Waals surface area contributed by atoms with Gasteiger partial charge in [-0.25, -0.2) is 13.6 Å². The lowest BCUT2D eigenvalue weighted by Crippen LogP contribution is -2.26. The van der Waals surface area contributed by atoms with Gasteiger partial charge in [-0.15, -0.1) is 0 Å². The monoisotopic (exact) mass is 450 g/mol. The summed E-state index contributed by atoms with van der Waals surface area (Å²) < 4.78 is 62.6. The van der Waals surface area contributed by atoms with Crippen LogP contribution in [0.2, 0.25) is 0 Å². The number of benzene rings is 2. The molecule has 1 heterocycles. The SMILES string of the molecule is CCOC(=O)c1nn(-c2ccc(C)cc2)c(=O)cc1OS(=O)(=O)c1ccc(F)cc1F. The third-order valence-electron chi connectivity index (χ3n) is 4.01. The van der Waals surface area contributed by atoms with Crippen LogP contribution in [0.4, 0.5) is 8.78 Å². The van der Waals surface area contributed by atoms with Crippen LogP contribution in [0.25, 0.3) is 5.69 Å². The second-order valence-corrected chi connectivity index (χ2v) is 7.79. The molecule has 0 bridgehead atoms. The van der Waals surface area contributed by atoms with Crippen LogP contribution in [0.15, 0.2) is 58.2 Å². The molecule has 0 atom stereocenters. The zero-order chi connectivity index (χ0) is 22.8. The van der Waals surface area contributed by atoms with E-state index in [1.54, 1.807) is 24.3 Å². The minimum Gasteiger partial charge on any atom is -0.461 e. The van der Waals surface area contributed by atoms with Crippen LogP contribution >= 0.6 is 0 Å². The summed E-state index contributed by atoms with van der Waals surface area (Å²) in [4.78, 5) is 23.9. The molecule has 3 aromatic rings. The molecule has 0 aliphatic rings. The van der Waals surface area contributed by atoms with Gasteiger partial charge in [0.05, 0.1) is 18.4 Å². The first-order valence-corrected chi connectivity index (χ1v) is 10.3. The molecule has 2 aromatic carbocycles. The molecular formula is C20H16F2N2O6S. The number of ether oxygens (including phenoxy) is 1. The first-order valence-electron chi connectivity index (χ1n) is 8.90. The first kappa shape index (κ1) is 22.1. The number of rotatable bonds is 6. The van der Waals surface area contributed by atoms with Crippen LogP contribution in [0, 0.1) is 18.6 Å². The fraction of sp³-hybridized carbons (Fsp3) is 0.150. The lowest BCUT2D eigenvalue weighted by atomic mass is 10.2. The number of aromatic nitrogens is 2. The van der Waals surface area contributed by atoms with Crippen molar-refractivity contribution in [1.29, 1.82) is 0 Å². The minimum atomic E-state index is -4.87. The molecule has 0 unspecified atom stereocenters. The number of hydrogen-bond donors (Lipinski definition) is 0. The minimum absolute atomic E-state index is 0.0665. The summed E-state index contributed by atoms with van der Waals surface area (Å²) in [7, 11) is -4.87. The fourth-order valence-electron chi connectivity index (χ4n) is 2.56.